The zero-order valence-corrected chi connectivity index (χ0v) is 11.3. The maximum atomic E-state index is 9.31. The van der Waals surface area contributed by atoms with Crippen LogP contribution in [0.1, 0.15) is 6.92 Å². The normalized spacial score (nSPS) is 12.2. The molecule has 0 aromatic heterocycles. The van der Waals surface area contributed by atoms with Gasteiger partial charge in [-0.15, -0.1) is 11.6 Å². The molecular formula is C13H20ClNO3. The molecule has 0 aliphatic heterocycles. The van der Waals surface area contributed by atoms with Gasteiger partial charge in [0.2, 0.25) is 0 Å². The summed E-state index contributed by atoms with van der Waals surface area (Å²) < 4.78 is 10.7. The van der Waals surface area contributed by atoms with Crippen LogP contribution in [0.3, 0.4) is 0 Å². The molecule has 18 heavy (non-hydrogen) atoms. The van der Waals surface area contributed by atoms with Crippen molar-refractivity contribution in [2.24, 2.45) is 0 Å². The molecule has 102 valence electrons. The molecule has 0 spiro atoms. The van der Waals surface area contributed by atoms with Crippen LogP contribution in [-0.2, 0) is 4.74 Å². The number of nitrogens with one attached hydrogen (secondary N) is 1. The molecule has 0 heterocycles. The Morgan fingerprint density at radius 1 is 1.28 bits per heavy atom. The maximum Gasteiger partial charge on any atom is 0.119 e. The first-order valence-electron chi connectivity index (χ1n) is 6.04. The van der Waals surface area contributed by atoms with E-state index >= 15 is 0 Å². The lowest BCUT2D eigenvalue weighted by molar-refractivity contribution is 0.110. The minimum atomic E-state index is -0.534. The lowest BCUT2D eigenvalue weighted by Gasteiger charge is -2.11. The van der Waals surface area contributed by atoms with Crippen molar-refractivity contribution in [3.63, 3.8) is 0 Å². The van der Waals surface area contributed by atoms with Crippen LogP contribution in [0.25, 0.3) is 0 Å². The SMILES string of the molecule is CCOCCOc1ccc(NCC(O)CCl)cc1. The Hall–Kier alpha value is -0.970. The van der Waals surface area contributed by atoms with Gasteiger partial charge in [0.1, 0.15) is 12.4 Å². The summed E-state index contributed by atoms with van der Waals surface area (Å²) in [5.74, 6) is 1.03. The van der Waals surface area contributed by atoms with E-state index in [0.717, 1.165) is 11.4 Å². The summed E-state index contributed by atoms with van der Waals surface area (Å²) in [4.78, 5) is 0. The fraction of sp³-hybridized carbons (Fsp3) is 0.538. The molecule has 0 aliphatic rings. The zero-order chi connectivity index (χ0) is 13.2. The Kier molecular flexibility index (Phi) is 7.57. The third-order valence-corrected chi connectivity index (χ3v) is 2.63. The number of aliphatic hydroxyl groups excluding tert-OH is 1. The molecule has 0 saturated heterocycles. The number of hydrogen-bond acceptors (Lipinski definition) is 4. The third-order valence-electron chi connectivity index (χ3n) is 2.27. The average Bonchev–Trinajstić information content (AvgIpc) is 2.42. The van der Waals surface area contributed by atoms with Gasteiger partial charge in [0, 0.05) is 18.8 Å². The van der Waals surface area contributed by atoms with Crippen LogP contribution in [0, 0.1) is 0 Å². The minimum Gasteiger partial charge on any atom is -0.491 e. The van der Waals surface area contributed by atoms with E-state index in [-0.39, 0.29) is 5.88 Å². The molecule has 1 unspecified atom stereocenters. The number of benzene rings is 1. The smallest absolute Gasteiger partial charge is 0.119 e. The molecule has 1 rings (SSSR count). The molecule has 5 heteroatoms. The second-order valence-electron chi connectivity index (χ2n) is 3.76. The van der Waals surface area contributed by atoms with E-state index < -0.39 is 6.10 Å². The van der Waals surface area contributed by atoms with Gasteiger partial charge in [-0.25, -0.2) is 0 Å². The molecule has 0 saturated carbocycles. The lowest BCUT2D eigenvalue weighted by Crippen LogP contribution is -2.20. The predicted molar refractivity (Wildman–Crippen MR) is 73.6 cm³/mol. The highest BCUT2D eigenvalue weighted by Crippen LogP contribution is 2.15. The van der Waals surface area contributed by atoms with E-state index in [1.165, 1.54) is 0 Å². The first kappa shape index (κ1) is 15.1. The fourth-order valence-electron chi connectivity index (χ4n) is 1.32. The quantitative estimate of drug-likeness (QED) is 0.534. The highest BCUT2D eigenvalue weighted by molar-refractivity contribution is 6.18. The molecular weight excluding hydrogens is 254 g/mol. The second-order valence-corrected chi connectivity index (χ2v) is 4.07. The van der Waals surface area contributed by atoms with Gasteiger partial charge in [0.15, 0.2) is 0 Å². The molecule has 2 N–H and O–H groups in total. The van der Waals surface area contributed by atoms with Gasteiger partial charge >= 0.3 is 0 Å². The van der Waals surface area contributed by atoms with Crippen molar-refractivity contribution in [3.8, 4) is 5.75 Å². The third kappa shape index (κ3) is 6.10. The Labute approximate surface area is 113 Å². The number of halogens is 1. The van der Waals surface area contributed by atoms with Crippen molar-refractivity contribution in [3.05, 3.63) is 24.3 Å². The van der Waals surface area contributed by atoms with Crippen LogP contribution < -0.4 is 10.1 Å². The summed E-state index contributed by atoms with van der Waals surface area (Å²) in [5.41, 5.74) is 0.927. The summed E-state index contributed by atoms with van der Waals surface area (Å²) in [6.45, 7) is 4.24. The van der Waals surface area contributed by atoms with Crippen LogP contribution in [0.2, 0.25) is 0 Å². The maximum absolute atomic E-state index is 9.31. The van der Waals surface area contributed by atoms with Gasteiger partial charge in [0.25, 0.3) is 0 Å². The molecule has 0 radical (unpaired) electrons. The largest absolute Gasteiger partial charge is 0.491 e. The van der Waals surface area contributed by atoms with E-state index in [2.05, 4.69) is 5.32 Å². The van der Waals surface area contributed by atoms with Crippen molar-refractivity contribution in [2.45, 2.75) is 13.0 Å². The second kappa shape index (κ2) is 9.03. The number of rotatable bonds is 9. The molecule has 0 fully saturated rings. The average molecular weight is 274 g/mol. The van der Waals surface area contributed by atoms with Crippen molar-refractivity contribution < 1.29 is 14.6 Å². The first-order valence-corrected chi connectivity index (χ1v) is 6.58. The number of ether oxygens (including phenoxy) is 2. The van der Waals surface area contributed by atoms with Gasteiger partial charge in [-0.05, 0) is 31.2 Å². The van der Waals surface area contributed by atoms with E-state index in [9.17, 15) is 5.11 Å². The van der Waals surface area contributed by atoms with E-state index in [0.29, 0.717) is 26.4 Å². The summed E-state index contributed by atoms with van der Waals surface area (Å²) >= 11 is 5.50. The Morgan fingerprint density at radius 3 is 2.61 bits per heavy atom. The molecule has 4 nitrogen and oxygen atoms in total. The number of anilines is 1. The number of alkyl halides is 1. The topological polar surface area (TPSA) is 50.7 Å². The lowest BCUT2D eigenvalue weighted by atomic mass is 10.3. The van der Waals surface area contributed by atoms with Crippen molar-refractivity contribution in [1.29, 1.82) is 0 Å². The number of hydrogen-bond donors (Lipinski definition) is 2. The summed E-state index contributed by atoms with van der Waals surface area (Å²) in [5, 5.41) is 12.4. The van der Waals surface area contributed by atoms with Gasteiger partial charge in [0.05, 0.1) is 18.6 Å². The molecule has 0 aliphatic carbocycles. The highest BCUT2D eigenvalue weighted by Gasteiger charge is 2.01. The highest BCUT2D eigenvalue weighted by atomic mass is 35.5. The van der Waals surface area contributed by atoms with Crippen LogP contribution in [0.15, 0.2) is 24.3 Å². The van der Waals surface area contributed by atoms with Crippen LogP contribution >= 0.6 is 11.6 Å². The van der Waals surface area contributed by atoms with E-state index in [1.54, 1.807) is 0 Å². The van der Waals surface area contributed by atoms with Crippen molar-refractivity contribution in [1.82, 2.24) is 0 Å². The van der Waals surface area contributed by atoms with Crippen molar-refractivity contribution in [2.75, 3.05) is 37.6 Å². The van der Waals surface area contributed by atoms with Crippen molar-refractivity contribution >= 4 is 17.3 Å². The van der Waals surface area contributed by atoms with Crippen LogP contribution in [0.5, 0.6) is 5.75 Å². The molecule has 0 amide bonds. The monoisotopic (exact) mass is 273 g/mol. The van der Waals surface area contributed by atoms with Gasteiger partial charge in [-0.3, -0.25) is 0 Å². The Bertz CT molecular complexity index is 319. The van der Waals surface area contributed by atoms with Gasteiger partial charge in [-0.1, -0.05) is 0 Å². The number of aliphatic hydroxyl groups is 1. The summed E-state index contributed by atoms with van der Waals surface area (Å²) in [7, 11) is 0. The molecule has 0 bridgehead atoms. The minimum absolute atomic E-state index is 0.228. The van der Waals surface area contributed by atoms with E-state index in [4.69, 9.17) is 21.1 Å². The molecule has 1 atom stereocenters. The predicted octanol–water partition coefficient (Wildman–Crippen LogP) is 2.11. The van der Waals surface area contributed by atoms with Crippen LogP contribution in [0.4, 0.5) is 5.69 Å². The first-order chi connectivity index (χ1) is 8.76. The Morgan fingerprint density at radius 2 is 2.00 bits per heavy atom. The standard InChI is InChI=1S/C13H20ClNO3/c1-2-17-7-8-18-13-5-3-11(4-6-13)15-10-12(16)9-14/h3-6,12,15-16H,2,7-10H2,1H3. The fourth-order valence-corrected chi connectivity index (χ4v) is 1.43. The Balaban J connectivity index is 2.28. The molecule has 1 aromatic carbocycles. The van der Waals surface area contributed by atoms with Gasteiger partial charge < -0.3 is 19.9 Å². The molecule has 1 aromatic rings. The summed E-state index contributed by atoms with van der Waals surface area (Å²) in [6.07, 6.45) is -0.534. The van der Waals surface area contributed by atoms with E-state index in [1.807, 2.05) is 31.2 Å². The zero-order valence-electron chi connectivity index (χ0n) is 10.6. The van der Waals surface area contributed by atoms with Gasteiger partial charge in [-0.2, -0.15) is 0 Å². The summed E-state index contributed by atoms with van der Waals surface area (Å²) in [6, 6.07) is 7.55. The van der Waals surface area contributed by atoms with Crippen LogP contribution in [-0.4, -0.2) is 43.5 Å².